The van der Waals surface area contributed by atoms with E-state index in [1.165, 1.54) is 5.56 Å². The Labute approximate surface area is 107 Å². The van der Waals surface area contributed by atoms with Crippen LogP contribution in [-0.4, -0.2) is 16.7 Å². The lowest BCUT2D eigenvalue weighted by Crippen LogP contribution is -1.96. The molecule has 0 bridgehead atoms. The van der Waals surface area contributed by atoms with Crippen LogP contribution in [-0.2, 0) is 7.05 Å². The molecule has 4 nitrogen and oxygen atoms in total. The van der Waals surface area contributed by atoms with Gasteiger partial charge in [-0.2, -0.15) is 0 Å². The fourth-order valence-corrected chi connectivity index (χ4v) is 2.25. The number of aryl methyl sites for hydroxylation is 2. The average Bonchev–Trinajstić information content (AvgIpc) is 2.65. The van der Waals surface area contributed by atoms with Crippen LogP contribution in [0.5, 0.6) is 5.75 Å². The van der Waals surface area contributed by atoms with Crippen molar-refractivity contribution < 1.29 is 4.74 Å². The monoisotopic (exact) mass is 245 g/mol. The van der Waals surface area contributed by atoms with E-state index in [-0.39, 0.29) is 0 Å². The van der Waals surface area contributed by atoms with Crippen molar-refractivity contribution in [1.29, 1.82) is 0 Å². The molecule has 0 fully saturated rings. The molecule has 96 valence electrons. The zero-order chi connectivity index (χ0) is 13.4. The van der Waals surface area contributed by atoms with Gasteiger partial charge in [-0.25, -0.2) is 4.98 Å². The van der Waals surface area contributed by atoms with Gasteiger partial charge in [0.2, 0.25) is 0 Å². The Bertz CT molecular complexity index is 580. The number of benzene rings is 1. The third-order valence-corrected chi connectivity index (χ3v) is 3.42. The van der Waals surface area contributed by atoms with E-state index in [1.807, 2.05) is 24.7 Å². The van der Waals surface area contributed by atoms with E-state index in [0.29, 0.717) is 5.95 Å². The molecule has 1 aromatic carbocycles. The molecule has 2 aromatic rings. The lowest BCUT2D eigenvalue weighted by atomic mass is 9.97. The van der Waals surface area contributed by atoms with Crippen molar-refractivity contribution in [3.8, 4) is 17.0 Å². The van der Waals surface area contributed by atoms with Gasteiger partial charge < -0.3 is 15.0 Å². The maximum absolute atomic E-state index is 5.79. The molecule has 4 heteroatoms. The van der Waals surface area contributed by atoms with Gasteiger partial charge >= 0.3 is 0 Å². The second kappa shape index (κ2) is 4.37. The predicted molar refractivity (Wildman–Crippen MR) is 73.8 cm³/mol. The molecule has 0 saturated carbocycles. The molecule has 0 amide bonds. The van der Waals surface area contributed by atoms with Gasteiger partial charge in [0.25, 0.3) is 0 Å². The van der Waals surface area contributed by atoms with Crippen molar-refractivity contribution in [3.63, 3.8) is 0 Å². The van der Waals surface area contributed by atoms with Gasteiger partial charge in [0.05, 0.1) is 12.8 Å². The first-order valence-corrected chi connectivity index (χ1v) is 5.89. The zero-order valence-corrected chi connectivity index (χ0v) is 11.5. The van der Waals surface area contributed by atoms with E-state index in [2.05, 4.69) is 24.9 Å². The Morgan fingerprint density at radius 3 is 2.39 bits per heavy atom. The van der Waals surface area contributed by atoms with Crippen molar-refractivity contribution in [3.05, 3.63) is 29.0 Å². The smallest absolute Gasteiger partial charge is 0.200 e. The van der Waals surface area contributed by atoms with Crippen molar-refractivity contribution in [2.75, 3.05) is 12.8 Å². The fourth-order valence-electron chi connectivity index (χ4n) is 2.25. The Kier molecular flexibility index (Phi) is 3.03. The number of hydrogen-bond donors (Lipinski definition) is 1. The van der Waals surface area contributed by atoms with Crippen LogP contribution in [0, 0.1) is 20.8 Å². The van der Waals surface area contributed by atoms with Gasteiger partial charge in [-0.15, -0.1) is 0 Å². The molecule has 0 radical (unpaired) electrons. The Morgan fingerprint density at radius 2 is 1.89 bits per heavy atom. The van der Waals surface area contributed by atoms with E-state index in [1.54, 1.807) is 7.11 Å². The molecule has 0 aliphatic rings. The number of ether oxygens (including phenoxy) is 1. The predicted octanol–water partition coefficient (Wildman–Crippen LogP) is 2.60. The number of imidazole rings is 1. The van der Waals surface area contributed by atoms with Crippen LogP contribution in [0.1, 0.15) is 16.7 Å². The highest BCUT2D eigenvalue weighted by Crippen LogP contribution is 2.33. The van der Waals surface area contributed by atoms with Gasteiger partial charge in [0, 0.05) is 18.8 Å². The summed E-state index contributed by atoms with van der Waals surface area (Å²) < 4.78 is 7.25. The Balaban J connectivity index is 2.66. The number of anilines is 1. The number of hydrogen-bond acceptors (Lipinski definition) is 3. The summed E-state index contributed by atoms with van der Waals surface area (Å²) in [6, 6.07) is 2.10. The molecule has 0 aliphatic heterocycles. The maximum atomic E-state index is 5.79. The number of nitrogens with zero attached hydrogens (tertiary/aromatic N) is 2. The molecule has 0 aliphatic carbocycles. The van der Waals surface area contributed by atoms with E-state index in [0.717, 1.165) is 28.1 Å². The summed E-state index contributed by atoms with van der Waals surface area (Å²) in [5, 5.41) is 0. The van der Waals surface area contributed by atoms with Crippen LogP contribution in [0.3, 0.4) is 0 Å². The van der Waals surface area contributed by atoms with Gasteiger partial charge in [0.1, 0.15) is 5.75 Å². The first-order chi connectivity index (χ1) is 8.45. The minimum atomic E-state index is 0.524. The molecule has 0 spiro atoms. The van der Waals surface area contributed by atoms with Crippen molar-refractivity contribution >= 4 is 5.95 Å². The van der Waals surface area contributed by atoms with Crippen LogP contribution in [0.2, 0.25) is 0 Å². The summed E-state index contributed by atoms with van der Waals surface area (Å²) in [5.41, 5.74) is 11.2. The highest BCUT2D eigenvalue weighted by atomic mass is 16.5. The van der Waals surface area contributed by atoms with E-state index in [9.17, 15) is 0 Å². The number of aromatic nitrogens is 2. The van der Waals surface area contributed by atoms with E-state index >= 15 is 0 Å². The average molecular weight is 245 g/mol. The van der Waals surface area contributed by atoms with E-state index < -0.39 is 0 Å². The quantitative estimate of drug-likeness (QED) is 0.884. The first kappa shape index (κ1) is 12.5. The number of methoxy groups -OCH3 is 1. The topological polar surface area (TPSA) is 53.1 Å². The molecule has 0 unspecified atom stereocenters. The summed E-state index contributed by atoms with van der Waals surface area (Å²) in [6.07, 6.45) is 1.95. The minimum absolute atomic E-state index is 0.524. The van der Waals surface area contributed by atoms with Gasteiger partial charge in [-0.3, -0.25) is 0 Å². The van der Waals surface area contributed by atoms with Crippen LogP contribution in [0.4, 0.5) is 5.95 Å². The third-order valence-electron chi connectivity index (χ3n) is 3.42. The van der Waals surface area contributed by atoms with E-state index in [4.69, 9.17) is 10.5 Å². The van der Waals surface area contributed by atoms with Crippen LogP contribution < -0.4 is 10.5 Å². The van der Waals surface area contributed by atoms with Crippen molar-refractivity contribution in [1.82, 2.24) is 9.55 Å². The second-order valence-corrected chi connectivity index (χ2v) is 4.62. The van der Waals surface area contributed by atoms with Gasteiger partial charge in [-0.1, -0.05) is 0 Å². The minimum Gasteiger partial charge on any atom is -0.496 e. The van der Waals surface area contributed by atoms with Crippen LogP contribution >= 0.6 is 0 Å². The number of rotatable bonds is 2. The number of nitrogens with two attached hydrogens (primary N) is 1. The third kappa shape index (κ3) is 1.83. The van der Waals surface area contributed by atoms with Crippen molar-refractivity contribution in [2.45, 2.75) is 20.8 Å². The van der Waals surface area contributed by atoms with Gasteiger partial charge in [0.15, 0.2) is 5.95 Å². The molecule has 1 aromatic heterocycles. The highest BCUT2D eigenvalue weighted by molar-refractivity contribution is 5.69. The molecule has 2 rings (SSSR count). The van der Waals surface area contributed by atoms with Crippen molar-refractivity contribution in [2.24, 2.45) is 7.05 Å². The normalized spacial score (nSPS) is 10.7. The molecule has 18 heavy (non-hydrogen) atoms. The summed E-state index contributed by atoms with van der Waals surface area (Å²) >= 11 is 0. The lowest BCUT2D eigenvalue weighted by Gasteiger charge is -2.14. The lowest BCUT2D eigenvalue weighted by molar-refractivity contribution is 0.408. The maximum Gasteiger partial charge on any atom is 0.200 e. The molecular weight excluding hydrogens is 226 g/mol. The van der Waals surface area contributed by atoms with Crippen LogP contribution in [0.15, 0.2) is 12.3 Å². The molecule has 0 atom stereocenters. The zero-order valence-electron chi connectivity index (χ0n) is 11.5. The summed E-state index contributed by atoms with van der Waals surface area (Å²) in [7, 11) is 3.59. The molecule has 0 saturated heterocycles. The molecule has 2 N–H and O–H groups in total. The molecular formula is C14H19N3O. The number of nitrogen functional groups attached to an aromatic ring is 1. The largest absolute Gasteiger partial charge is 0.496 e. The fraction of sp³-hybridized carbons (Fsp3) is 0.357. The first-order valence-electron chi connectivity index (χ1n) is 5.89. The Hall–Kier alpha value is -1.97. The highest BCUT2D eigenvalue weighted by Gasteiger charge is 2.14. The van der Waals surface area contributed by atoms with Crippen LogP contribution in [0.25, 0.3) is 11.3 Å². The molecule has 1 heterocycles. The van der Waals surface area contributed by atoms with Gasteiger partial charge in [-0.05, 0) is 43.5 Å². The Morgan fingerprint density at radius 1 is 1.22 bits per heavy atom. The SMILES string of the molecule is COc1c(C)cc(-c2cn(C)c(N)n2)c(C)c1C. The summed E-state index contributed by atoms with van der Waals surface area (Å²) in [6.45, 7) is 6.19. The standard InChI is InChI=1S/C14H19N3O/c1-8-6-11(9(2)10(3)13(8)18-5)12-7-17(4)14(15)16-12/h6-7H,1-5H3,(H2,15,16). The summed E-state index contributed by atoms with van der Waals surface area (Å²) in [4.78, 5) is 4.38. The second-order valence-electron chi connectivity index (χ2n) is 4.62. The summed E-state index contributed by atoms with van der Waals surface area (Å²) in [5.74, 6) is 1.47.